The summed E-state index contributed by atoms with van der Waals surface area (Å²) in [6, 6.07) is 0. The molecule has 1 amide bonds. The molecule has 0 saturated heterocycles. The fraction of sp³-hybridized carbons (Fsp3) is 0.250. The Morgan fingerprint density at radius 2 is 2.00 bits per heavy atom. The van der Waals surface area contributed by atoms with Gasteiger partial charge in [0.1, 0.15) is 0 Å². The number of likely N-dealkylation sites (N-methyl/N-ethyl adjacent to an activating group) is 1. The first-order chi connectivity index (χ1) is 5.11. The Balaban J connectivity index is 4.33. The second-order valence-electron chi connectivity index (χ2n) is 2.01. The molecule has 0 atom stereocenters. The van der Waals surface area contributed by atoms with Gasteiger partial charge in [0, 0.05) is 12.6 Å². The maximum Gasteiger partial charge on any atom is 0.246 e. The van der Waals surface area contributed by atoms with Crippen LogP contribution >= 0.6 is 0 Å². The minimum atomic E-state index is -0.258. The number of carbonyl (C=O) groups is 2. The third kappa shape index (κ3) is 3.35. The van der Waals surface area contributed by atoms with E-state index >= 15 is 0 Å². The standard InChI is InChI=1S/C8H11NO2/c1-4-7(10)5-6(2)8(11)9-3/h4-5H,1H2,2-3H3,(H,9,11). The van der Waals surface area contributed by atoms with Gasteiger partial charge < -0.3 is 5.32 Å². The van der Waals surface area contributed by atoms with E-state index in [4.69, 9.17) is 0 Å². The van der Waals surface area contributed by atoms with Crippen molar-refractivity contribution in [2.75, 3.05) is 7.05 Å². The quantitative estimate of drug-likeness (QED) is 0.598. The number of hydrogen-bond acceptors (Lipinski definition) is 2. The summed E-state index contributed by atoms with van der Waals surface area (Å²) in [7, 11) is 1.51. The number of hydrogen-bond donors (Lipinski definition) is 1. The molecule has 0 aliphatic rings. The van der Waals surface area contributed by atoms with Crippen molar-refractivity contribution in [3.05, 3.63) is 24.3 Å². The fourth-order valence-electron chi connectivity index (χ4n) is 0.535. The van der Waals surface area contributed by atoms with E-state index in [1.807, 2.05) is 0 Å². The summed E-state index contributed by atoms with van der Waals surface area (Å²) in [6.45, 7) is 4.84. The van der Waals surface area contributed by atoms with Gasteiger partial charge in [0.15, 0.2) is 5.78 Å². The van der Waals surface area contributed by atoms with Crippen LogP contribution in [0.3, 0.4) is 0 Å². The van der Waals surface area contributed by atoms with E-state index in [0.717, 1.165) is 6.08 Å². The Labute approximate surface area is 65.8 Å². The van der Waals surface area contributed by atoms with E-state index in [1.54, 1.807) is 6.92 Å². The lowest BCUT2D eigenvalue weighted by molar-refractivity contribution is -0.117. The third-order valence-corrected chi connectivity index (χ3v) is 1.15. The Bertz CT molecular complexity index is 216. The molecular formula is C8H11NO2. The molecule has 0 rings (SSSR count). The van der Waals surface area contributed by atoms with Gasteiger partial charge in [-0.2, -0.15) is 0 Å². The Morgan fingerprint density at radius 1 is 1.45 bits per heavy atom. The first-order valence-electron chi connectivity index (χ1n) is 3.18. The van der Waals surface area contributed by atoms with Crippen LogP contribution in [0.5, 0.6) is 0 Å². The maximum atomic E-state index is 10.8. The number of nitrogens with one attached hydrogen (secondary N) is 1. The lowest BCUT2D eigenvalue weighted by Gasteiger charge is -1.95. The average Bonchev–Trinajstić information content (AvgIpc) is 2.02. The number of rotatable bonds is 3. The zero-order chi connectivity index (χ0) is 8.85. The van der Waals surface area contributed by atoms with Gasteiger partial charge in [-0.15, -0.1) is 0 Å². The predicted molar refractivity (Wildman–Crippen MR) is 43.0 cm³/mol. The first kappa shape index (κ1) is 9.62. The van der Waals surface area contributed by atoms with Crippen LogP contribution < -0.4 is 5.32 Å². The monoisotopic (exact) mass is 153 g/mol. The van der Waals surface area contributed by atoms with Crippen LogP contribution in [0.1, 0.15) is 6.92 Å². The molecule has 11 heavy (non-hydrogen) atoms. The lowest BCUT2D eigenvalue weighted by atomic mass is 10.2. The molecule has 0 aromatic rings. The van der Waals surface area contributed by atoms with Gasteiger partial charge in [-0.3, -0.25) is 9.59 Å². The molecule has 3 nitrogen and oxygen atoms in total. The highest BCUT2D eigenvalue weighted by molar-refractivity contribution is 6.05. The molecule has 0 fully saturated rings. The Hall–Kier alpha value is -1.38. The van der Waals surface area contributed by atoms with Crippen molar-refractivity contribution in [2.24, 2.45) is 0 Å². The summed E-state index contributed by atoms with van der Waals surface area (Å²) in [5, 5.41) is 2.40. The van der Waals surface area contributed by atoms with Gasteiger partial charge in [0.2, 0.25) is 5.91 Å². The first-order valence-corrected chi connectivity index (χ1v) is 3.18. The lowest BCUT2D eigenvalue weighted by Crippen LogP contribution is -2.19. The molecule has 0 spiro atoms. The van der Waals surface area contributed by atoms with E-state index in [2.05, 4.69) is 11.9 Å². The van der Waals surface area contributed by atoms with Gasteiger partial charge in [-0.25, -0.2) is 0 Å². The van der Waals surface area contributed by atoms with Gasteiger partial charge in [-0.05, 0) is 19.1 Å². The van der Waals surface area contributed by atoms with Crippen molar-refractivity contribution >= 4 is 11.7 Å². The van der Waals surface area contributed by atoms with Crippen LogP contribution in [0.15, 0.2) is 24.3 Å². The molecule has 0 unspecified atom stereocenters. The zero-order valence-corrected chi connectivity index (χ0v) is 6.68. The number of ketones is 1. The summed E-state index contributed by atoms with van der Waals surface area (Å²) in [5.41, 5.74) is 0.386. The smallest absolute Gasteiger partial charge is 0.246 e. The van der Waals surface area contributed by atoms with E-state index in [9.17, 15) is 9.59 Å². The summed E-state index contributed by atoms with van der Waals surface area (Å²) < 4.78 is 0. The molecule has 3 heteroatoms. The SMILES string of the molecule is C=CC(=O)C=C(C)C(=O)NC. The second kappa shape index (κ2) is 4.44. The molecular weight excluding hydrogens is 142 g/mol. The Kier molecular flexibility index (Phi) is 3.88. The molecule has 0 aliphatic heterocycles. The molecule has 0 saturated carbocycles. The fourth-order valence-corrected chi connectivity index (χ4v) is 0.535. The van der Waals surface area contributed by atoms with E-state index < -0.39 is 0 Å². The molecule has 0 aromatic carbocycles. The van der Waals surface area contributed by atoms with Crippen molar-refractivity contribution in [2.45, 2.75) is 6.92 Å². The van der Waals surface area contributed by atoms with Crippen molar-refractivity contribution in [1.29, 1.82) is 0 Å². The van der Waals surface area contributed by atoms with Crippen LogP contribution in [0.2, 0.25) is 0 Å². The Morgan fingerprint density at radius 3 is 2.36 bits per heavy atom. The van der Waals surface area contributed by atoms with Gasteiger partial charge >= 0.3 is 0 Å². The van der Waals surface area contributed by atoms with Crippen LogP contribution in [-0.4, -0.2) is 18.7 Å². The molecule has 0 aliphatic carbocycles. The molecule has 0 radical (unpaired) electrons. The maximum absolute atomic E-state index is 10.8. The predicted octanol–water partition coefficient (Wildman–Crippen LogP) is 0.434. The van der Waals surface area contributed by atoms with Crippen molar-refractivity contribution < 1.29 is 9.59 Å². The summed E-state index contributed by atoms with van der Waals surface area (Å²) >= 11 is 0. The van der Waals surface area contributed by atoms with Gasteiger partial charge in [-0.1, -0.05) is 6.58 Å². The number of allylic oxidation sites excluding steroid dienone is 2. The minimum absolute atomic E-state index is 0.250. The van der Waals surface area contributed by atoms with E-state index in [0.29, 0.717) is 5.57 Å². The van der Waals surface area contributed by atoms with Crippen molar-refractivity contribution in [3.63, 3.8) is 0 Å². The summed E-state index contributed by atoms with van der Waals surface area (Å²) in [6.07, 6.45) is 2.40. The van der Waals surface area contributed by atoms with Crippen molar-refractivity contribution in [1.82, 2.24) is 5.32 Å². The van der Waals surface area contributed by atoms with E-state index in [1.165, 1.54) is 13.1 Å². The normalized spacial score (nSPS) is 10.5. The largest absolute Gasteiger partial charge is 0.355 e. The number of amides is 1. The second-order valence-corrected chi connectivity index (χ2v) is 2.01. The van der Waals surface area contributed by atoms with Crippen LogP contribution in [0.4, 0.5) is 0 Å². The molecule has 0 aromatic heterocycles. The highest BCUT2D eigenvalue weighted by Crippen LogP contribution is 1.92. The van der Waals surface area contributed by atoms with E-state index in [-0.39, 0.29) is 11.7 Å². The summed E-state index contributed by atoms with van der Waals surface area (Å²) in [4.78, 5) is 21.5. The van der Waals surface area contributed by atoms with Crippen LogP contribution in [-0.2, 0) is 9.59 Å². The molecule has 0 bridgehead atoms. The van der Waals surface area contributed by atoms with Crippen LogP contribution in [0, 0.1) is 0 Å². The average molecular weight is 153 g/mol. The minimum Gasteiger partial charge on any atom is -0.355 e. The number of carbonyl (C=O) groups excluding carboxylic acids is 2. The van der Waals surface area contributed by atoms with Gasteiger partial charge in [0.25, 0.3) is 0 Å². The summed E-state index contributed by atoms with van der Waals surface area (Å²) in [5.74, 6) is -0.508. The highest BCUT2D eigenvalue weighted by atomic mass is 16.1. The zero-order valence-electron chi connectivity index (χ0n) is 6.68. The highest BCUT2D eigenvalue weighted by Gasteiger charge is 2.00. The molecule has 1 N–H and O–H groups in total. The third-order valence-electron chi connectivity index (χ3n) is 1.15. The van der Waals surface area contributed by atoms with Crippen molar-refractivity contribution in [3.8, 4) is 0 Å². The topological polar surface area (TPSA) is 46.2 Å². The van der Waals surface area contributed by atoms with Crippen LogP contribution in [0.25, 0.3) is 0 Å². The molecule has 0 heterocycles. The molecule has 60 valence electrons. The van der Waals surface area contributed by atoms with Gasteiger partial charge in [0.05, 0.1) is 0 Å².